The molecule has 1 aromatic rings. The Morgan fingerprint density at radius 3 is 1.96 bits per heavy atom. The molecule has 0 amide bonds. The molecule has 0 saturated heterocycles. The molecule has 0 aromatic heterocycles. The van der Waals surface area contributed by atoms with Crippen molar-refractivity contribution >= 4 is 20.9 Å². The molecular weight excluding hydrogens is 351 g/mol. The molecule has 4 aliphatic rings. The van der Waals surface area contributed by atoms with E-state index < -0.39 is 15.4 Å². The van der Waals surface area contributed by atoms with Gasteiger partial charge in [0.1, 0.15) is 5.75 Å². The van der Waals surface area contributed by atoms with Crippen molar-refractivity contribution < 1.29 is 14.5 Å². The first-order chi connectivity index (χ1) is 12.5. The van der Waals surface area contributed by atoms with Gasteiger partial charge in [-0.1, -0.05) is 32.9 Å². The van der Waals surface area contributed by atoms with Crippen molar-refractivity contribution in [1.29, 1.82) is 0 Å². The van der Waals surface area contributed by atoms with Crippen LogP contribution in [0.2, 0.25) is 18.1 Å². The van der Waals surface area contributed by atoms with Crippen LogP contribution in [0.4, 0.5) is 0 Å². The molecule has 4 bridgehead atoms. The van der Waals surface area contributed by atoms with Gasteiger partial charge in [0, 0.05) is 0 Å². The molecule has 148 valence electrons. The van der Waals surface area contributed by atoms with E-state index in [1.807, 2.05) is 12.1 Å². The van der Waals surface area contributed by atoms with Gasteiger partial charge < -0.3 is 14.5 Å². The number of hydrogen-bond acceptors (Lipinski definition) is 3. The average Bonchev–Trinajstić information content (AvgIpc) is 2.52. The van der Waals surface area contributed by atoms with Crippen LogP contribution in [0.3, 0.4) is 0 Å². The third-order valence-electron chi connectivity index (χ3n) is 8.08. The summed E-state index contributed by atoms with van der Waals surface area (Å²) in [5.41, 5.74) is 2.04. The third kappa shape index (κ3) is 3.40. The normalized spacial score (nSPS) is 32.6. The van der Waals surface area contributed by atoms with Crippen molar-refractivity contribution in [3.63, 3.8) is 0 Å². The first-order valence-corrected chi connectivity index (χ1v) is 13.6. The summed E-state index contributed by atoms with van der Waals surface area (Å²) in [6.45, 7) is 11.4. The van der Waals surface area contributed by atoms with E-state index in [-0.39, 0.29) is 10.5 Å². The maximum Gasteiger partial charge on any atom is 0.488 e. The van der Waals surface area contributed by atoms with Crippen LogP contribution in [0.25, 0.3) is 0 Å². The van der Waals surface area contributed by atoms with Crippen molar-refractivity contribution in [2.24, 2.45) is 17.8 Å². The zero-order valence-corrected chi connectivity index (χ0v) is 18.6. The van der Waals surface area contributed by atoms with Gasteiger partial charge in [0.25, 0.3) is 0 Å². The first-order valence-electron chi connectivity index (χ1n) is 10.7. The molecule has 5 rings (SSSR count). The Balaban J connectivity index is 1.77. The number of benzene rings is 1. The van der Waals surface area contributed by atoms with Crippen LogP contribution >= 0.6 is 0 Å². The summed E-state index contributed by atoms with van der Waals surface area (Å²) in [6, 6.07) is 5.90. The monoisotopic (exact) mass is 386 g/mol. The first kappa shape index (κ1) is 19.5. The minimum atomic E-state index is -1.96. The van der Waals surface area contributed by atoms with Gasteiger partial charge in [0.2, 0.25) is 8.32 Å². The van der Waals surface area contributed by atoms with Crippen molar-refractivity contribution in [3.8, 4) is 5.75 Å². The predicted molar refractivity (Wildman–Crippen MR) is 114 cm³/mol. The van der Waals surface area contributed by atoms with E-state index in [1.165, 1.54) is 44.1 Å². The summed E-state index contributed by atoms with van der Waals surface area (Å²) in [6.07, 6.45) is 7.95. The number of rotatable bonds is 4. The molecule has 3 nitrogen and oxygen atoms in total. The van der Waals surface area contributed by atoms with Crippen molar-refractivity contribution in [2.75, 3.05) is 0 Å². The molecule has 2 N–H and O–H groups in total. The molecule has 4 fully saturated rings. The highest BCUT2D eigenvalue weighted by atomic mass is 28.4. The summed E-state index contributed by atoms with van der Waals surface area (Å²) in [4.78, 5) is 0. The van der Waals surface area contributed by atoms with E-state index >= 15 is 0 Å². The SMILES string of the molecule is CC(C)(C)[Si](C)(C)Oc1ccc(B(O)O)cc1C12CC3CC(CC(C3)C1)C2. The maximum absolute atomic E-state index is 9.81. The topological polar surface area (TPSA) is 49.7 Å². The molecule has 4 saturated carbocycles. The van der Waals surface area contributed by atoms with E-state index in [1.54, 1.807) is 0 Å². The number of hydrogen-bond donors (Lipinski definition) is 2. The van der Waals surface area contributed by atoms with Crippen molar-refractivity contribution in [3.05, 3.63) is 23.8 Å². The Morgan fingerprint density at radius 2 is 1.52 bits per heavy atom. The van der Waals surface area contributed by atoms with Crippen LogP contribution in [0, 0.1) is 17.8 Å². The second-order valence-corrected chi connectivity index (χ2v) is 15.9. The van der Waals surface area contributed by atoms with E-state index in [2.05, 4.69) is 39.9 Å². The Hall–Kier alpha value is -0.778. The minimum Gasteiger partial charge on any atom is -0.543 e. The summed E-state index contributed by atoms with van der Waals surface area (Å²) in [5.74, 6) is 3.55. The molecule has 5 heteroatoms. The Kier molecular flexibility index (Phi) is 4.60. The molecular formula is C22H35BO3Si. The lowest BCUT2D eigenvalue weighted by atomic mass is 9.47. The molecule has 0 atom stereocenters. The minimum absolute atomic E-state index is 0.140. The summed E-state index contributed by atoms with van der Waals surface area (Å²) in [5, 5.41) is 19.8. The second-order valence-electron chi connectivity index (χ2n) is 11.2. The fourth-order valence-electron chi connectivity index (χ4n) is 6.08. The van der Waals surface area contributed by atoms with Crippen LogP contribution in [-0.2, 0) is 5.41 Å². The lowest BCUT2D eigenvalue weighted by molar-refractivity contribution is -0.00583. The quantitative estimate of drug-likeness (QED) is 0.762. The lowest BCUT2D eigenvalue weighted by Gasteiger charge is -2.57. The molecule has 0 unspecified atom stereocenters. The van der Waals surface area contributed by atoms with Gasteiger partial charge in [-0.15, -0.1) is 0 Å². The van der Waals surface area contributed by atoms with Crippen LogP contribution in [0.15, 0.2) is 18.2 Å². The van der Waals surface area contributed by atoms with Gasteiger partial charge >= 0.3 is 7.12 Å². The molecule has 0 heterocycles. The lowest BCUT2D eigenvalue weighted by Crippen LogP contribution is -2.50. The zero-order valence-electron chi connectivity index (χ0n) is 17.6. The predicted octanol–water partition coefficient (Wildman–Crippen LogP) is 4.22. The fourth-order valence-corrected chi connectivity index (χ4v) is 7.11. The van der Waals surface area contributed by atoms with Gasteiger partial charge in [-0.25, -0.2) is 0 Å². The highest BCUT2D eigenvalue weighted by Crippen LogP contribution is 2.62. The maximum atomic E-state index is 9.81. The fraction of sp³-hybridized carbons (Fsp3) is 0.727. The molecule has 1 aromatic carbocycles. The highest BCUT2D eigenvalue weighted by molar-refractivity contribution is 6.74. The van der Waals surface area contributed by atoms with Gasteiger partial charge in [0.05, 0.1) is 0 Å². The van der Waals surface area contributed by atoms with E-state index in [0.29, 0.717) is 5.46 Å². The molecule has 4 aliphatic carbocycles. The highest BCUT2D eigenvalue weighted by Gasteiger charge is 2.53. The Bertz CT molecular complexity index is 687. The largest absolute Gasteiger partial charge is 0.543 e. The van der Waals surface area contributed by atoms with Gasteiger partial charge in [-0.05, 0) is 96.9 Å². The van der Waals surface area contributed by atoms with Crippen LogP contribution in [0.5, 0.6) is 5.75 Å². The zero-order chi connectivity index (χ0) is 19.6. The molecule has 0 radical (unpaired) electrons. The van der Waals surface area contributed by atoms with Gasteiger partial charge in [-0.3, -0.25) is 0 Å². The van der Waals surface area contributed by atoms with E-state index in [0.717, 1.165) is 23.5 Å². The molecule has 0 aliphatic heterocycles. The van der Waals surface area contributed by atoms with Gasteiger partial charge in [-0.2, -0.15) is 0 Å². The molecule has 27 heavy (non-hydrogen) atoms. The smallest absolute Gasteiger partial charge is 0.488 e. The summed E-state index contributed by atoms with van der Waals surface area (Å²) >= 11 is 0. The van der Waals surface area contributed by atoms with Crippen LogP contribution in [-0.4, -0.2) is 25.5 Å². The van der Waals surface area contributed by atoms with E-state index in [4.69, 9.17) is 4.43 Å². The average molecular weight is 386 g/mol. The Morgan fingerprint density at radius 1 is 1.00 bits per heavy atom. The summed E-state index contributed by atoms with van der Waals surface area (Å²) in [7, 11) is -3.38. The second kappa shape index (κ2) is 6.36. The van der Waals surface area contributed by atoms with Crippen molar-refractivity contribution in [2.45, 2.75) is 82.8 Å². The van der Waals surface area contributed by atoms with Crippen LogP contribution in [0.1, 0.15) is 64.9 Å². The van der Waals surface area contributed by atoms with Crippen LogP contribution < -0.4 is 9.89 Å². The summed E-state index contributed by atoms with van der Waals surface area (Å²) < 4.78 is 6.80. The Labute approximate surface area is 165 Å². The van der Waals surface area contributed by atoms with Gasteiger partial charge in [0.15, 0.2) is 0 Å². The standard InChI is InChI=1S/C22H35BO3Si/c1-21(2,3)27(4,5)26-20-7-6-18(23(24)25)11-19(20)22-12-15-8-16(13-22)10-17(9-15)14-22/h6-7,11,15-17,24-25H,8-10,12-14H2,1-5H3. The van der Waals surface area contributed by atoms with Crippen molar-refractivity contribution in [1.82, 2.24) is 0 Å². The van der Waals surface area contributed by atoms with E-state index in [9.17, 15) is 10.0 Å². The molecule has 0 spiro atoms. The third-order valence-corrected chi connectivity index (χ3v) is 12.4.